The zero-order valence-electron chi connectivity index (χ0n) is 9.73. The van der Waals surface area contributed by atoms with Gasteiger partial charge < -0.3 is 0 Å². The Hall–Kier alpha value is -0.520. The van der Waals surface area contributed by atoms with Crippen LogP contribution in [0.4, 0.5) is 0 Å². The number of rotatable bonds is 0. The fraction of sp³-hybridized carbons (Fsp3) is 0.615. The van der Waals surface area contributed by atoms with Gasteiger partial charge in [-0.1, -0.05) is 59.3 Å². The van der Waals surface area contributed by atoms with E-state index in [4.69, 9.17) is 0 Å². The predicted octanol–water partition coefficient (Wildman–Crippen LogP) is 4.15. The van der Waals surface area contributed by atoms with Crippen LogP contribution in [0.2, 0.25) is 0 Å². The summed E-state index contributed by atoms with van der Waals surface area (Å²) in [6.07, 6.45) is 6.67. The van der Waals surface area contributed by atoms with Crippen molar-refractivity contribution in [3.05, 3.63) is 29.7 Å². The van der Waals surface area contributed by atoms with Crippen molar-refractivity contribution in [1.82, 2.24) is 0 Å². The zero-order chi connectivity index (χ0) is 10.3. The molecule has 0 bridgehead atoms. The highest BCUT2D eigenvalue weighted by Gasteiger charge is 2.28. The van der Waals surface area contributed by atoms with Gasteiger partial charge in [-0.3, -0.25) is 0 Å². The number of hydrogen-bond donors (Lipinski definition) is 0. The highest BCUT2D eigenvalue weighted by atomic mass is 14.3. The van der Waals surface area contributed by atoms with Crippen LogP contribution in [-0.4, -0.2) is 0 Å². The van der Waals surface area contributed by atoms with Gasteiger partial charge in [0.2, 0.25) is 0 Å². The highest BCUT2D eigenvalue weighted by molar-refractivity contribution is 5.47. The molecule has 0 unspecified atom stereocenters. The molecule has 73 valence electrons. The number of allylic oxidation sites excluding steroid dienone is 4. The minimum atomic E-state index is 0.270. The van der Waals surface area contributed by atoms with E-state index < -0.39 is 0 Å². The summed E-state index contributed by atoms with van der Waals surface area (Å²) in [6, 6.07) is 0. The van der Waals surface area contributed by atoms with Gasteiger partial charge in [-0.05, 0) is 16.4 Å². The van der Waals surface area contributed by atoms with E-state index in [9.17, 15) is 0 Å². The third kappa shape index (κ3) is 2.24. The third-order valence-electron chi connectivity index (χ3n) is 2.43. The molecule has 0 aliphatic heterocycles. The van der Waals surface area contributed by atoms with E-state index >= 15 is 0 Å². The van der Waals surface area contributed by atoms with Crippen LogP contribution in [-0.2, 0) is 0 Å². The van der Waals surface area contributed by atoms with Gasteiger partial charge in [0.25, 0.3) is 0 Å². The zero-order valence-corrected chi connectivity index (χ0v) is 9.73. The van der Waals surface area contributed by atoms with Crippen LogP contribution in [0.3, 0.4) is 0 Å². The van der Waals surface area contributed by atoms with E-state index in [0.29, 0.717) is 0 Å². The second-order valence-corrected chi connectivity index (χ2v) is 5.85. The Kier molecular flexibility index (Phi) is 2.44. The van der Waals surface area contributed by atoms with Crippen molar-refractivity contribution in [2.75, 3.05) is 0 Å². The fourth-order valence-electron chi connectivity index (χ4n) is 1.73. The molecule has 1 aliphatic carbocycles. The molecule has 1 rings (SSSR count). The predicted molar refractivity (Wildman–Crippen MR) is 59.4 cm³/mol. The standard InChI is InChI=1S/C13H21/c1-12(2,3)10-8-7-9-11(10)13(4,5)6/h7-9H,1-6H3. The molecule has 0 aromatic heterocycles. The van der Waals surface area contributed by atoms with E-state index in [0.717, 1.165) is 0 Å². The number of hydrogen-bond acceptors (Lipinski definition) is 0. The van der Waals surface area contributed by atoms with Crippen molar-refractivity contribution in [3.63, 3.8) is 0 Å². The molecule has 0 saturated heterocycles. The van der Waals surface area contributed by atoms with Crippen molar-refractivity contribution in [2.45, 2.75) is 41.5 Å². The van der Waals surface area contributed by atoms with Gasteiger partial charge >= 0.3 is 0 Å². The first-order valence-corrected chi connectivity index (χ1v) is 4.99. The van der Waals surface area contributed by atoms with Crippen molar-refractivity contribution in [1.29, 1.82) is 0 Å². The van der Waals surface area contributed by atoms with E-state index in [1.165, 1.54) is 11.1 Å². The van der Waals surface area contributed by atoms with Crippen LogP contribution in [0.25, 0.3) is 0 Å². The minimum absolute atomic E-state index is 0.270. The largest absolute Gasteiger partial charge is 0.0761 e. The van der Waals surface area contributed by atoms with Crippen LogP contribution >= 0.6 is 0 Å². The summed E-state index contributed by atoms with van der Waals surface area (Å²) < 4.78 is 0. The molecule has 0 amide bonds. The summed E-state index contributed by atoms with van der Waals surface area (Å²) in [5.41, 5.74) is 3.51. The Labute approximate surface area is 82.7 Å². The molecule has 0 aromatic carbocycles. The normalized spacial score (nSPS) is 18.6. The highest BCUT2D eigenvalue weighted by Crippen LogP contribution is 2.41. The minimum Gasteiger partial charge on any atom is -0.0761 e. The van der Waals surface area contributed by atoms with Gasteiger partial charge in [-0.15, -0.1) is 0 Å². The van der Waals surface area contributed by atoms with Gasteiger partial charge in [0.15, 0.2) is 0 Å². The van der Waals surface area contributed by atoms with Gasteiger partial charge in [0, 0.05) is 6.42 Å². The molecule has 0 fully saturated rings. The lowest BCUT2D eigenvalue weighted by molar-refractivity contribution is 0.463. The Balaban J connectivity index is 3.10. The maximum Gasteiger partial charge on any atom is 0.00920 e. The van der Waals surface area contributed by atoms with Crippen LogP contribution in [0.1, 0.15) is 41.5 Å². The maximum atomic E-state index is 2.28. The molecular formula is C13H21. The topological polar surface area (TPSA) is 0 Å². The molecule has 0 heterocycles. The monoisotopic (exact) mass is 177 g/mol. The summed E-state index contributed by atoms with van der Waals surface area (Å²) in [4.78, 5) is 0. The Morgan fingerprint density at radius 3 is 1.54 bits per heavy atom. The first-order valence-electron chi connectivity index (χ1n) is 4.99. The molecule has 0 nitrogen and oxygen atoms in total. The smallest absolute Gasteiger partial charge is 0.00920 e. The first kappa shape index (κ1) is 10.6. The van der Waals surface area contributed by atoms with Crippen molar-refractivity contribution >= 4 is 0 Å². The fourth-order valence-corrected chi connectivity index (χ4v) is 1.73. The Bertz CT molecular complexity index is 251. The van der Waals surface area contributed by atoms with Gasteiger partial charge in [0.1, 0.15) is 0 Å². The first-order chi connectivity index (χ1) is 5.73. The van der Waals surface area contributed by atoms with E-state index in [2.05, 4.69) is 60.1 Å². The molecular weight excluding hydrogens is 156 g/mol. The molecule has 1 aliphatic rings. The van der Waals surface area contributed by atoms with Crippen LogP contribution in [0.15, 0.2) is 23.3 Å². The molecule has 0 N–H and O–H groups in total. The molecule has 0 spiro atoms. The quantitative estimate of drug-likeness (QED) is 0.521. The van der Waals surface area contributed by atoms with Gasteiger partial charge in [0.05, 0.1) is 0 Å². The molecule has 13 heavy (non-hydrogen) atoms. The molecule has 1 radical (unpaired) electrons. The van der Waals surface area contributed by atoms with Crippen molar-refractivity contribution < 1.29 is 0 Å². The maximum absolute atomic E-state index is 2.28. The van der Waals surface area contributed by atoms with E-state index in [1.807, 2.05) is 0 Å². The summed E-state index contributed by atoms with van der Waals surface area (Å²) >= 11 is 0. The van der Waals surface area contributed by atoms with Crippen LogP contribution in [0, 0.1) is 17.3 Å². The summed E-state index contributed by atoms with van der Waals surface area (Å²) in [5.74, 6) is 0. The lowest BCUT2D eigenvalue weighted by atomic mass is 9.76. The SMILES string of the molecule is CC(C)(C)C1=C(C(C)(C)C)C=C[CH]1. The van der Waals surface area contributed by atoms with E-state index in [1.54, 1.807) is 0 Å². The van der Waals surface area contributed by atoms with Crippen molar-refractivity contribution in [3.8, 4) is 0 Å². The molecule has 0 atom stereocenters. The van der Waals surface area contributed by atoms with E-state index in [-0.39, 0.29) is 10.8 Å². The average molecular weight is 177 g/mol. The lowest BCUT2D eigenvalue weighted by Crippen LogP contribution is -2.16. The second kappa shape index (κ2) is 3.01. The van der Waals surface area contributed by atoms with Crippen molar-refractivity contribution in [2.24, 2.45) is 10.8 Å². The summed E-state index contributed by atoms with van der Waals surface area (Å²) in [6.45, 7) is 13.7. The molecule has 0 heteroatoms. The average Bonchev–Trinajstić information content (AvgIpc) is 2.27. The molecule has 0 saturated carbocycles. The Morgan fingerprint density at radius 2 is 1.23 bits per heavy atom. The van der Waals surface area contributed by atoms with Gasteiger partial charge in [-0.2, -0.15) is 0 Å². The third-order valence-corrected chi connectivity index (χ3v) is 2.43. The lowest BCUT2D eigenvalue weighted by Gasteiger charge is -2.28. The van der Waals surface area contributed by atoms with Gasteiger partial charge in [-0.25, -0.2) is 0 Å². The second-order valence-electron chi connectivity index (χ2n) is 5.85. The van der Waals surface area contributed by atoms with Crippen LogP contribution < -0.4 is 0 Å². The van der Waals surface area contributed by atoms with Crippen LogP contribution in [0.5, 0.6) is 0 Å². The Morgan fingerprint density at radius 1 is 0.769 bits per heavy atom. The summed E-state index contributed by atoms with van der Waals surface area (Å²) in [7, 11) is 0. The molecule has 0 aromatic rings. The summed E-state index contributed by atoms with van der Waals surface area (Å²) in [5, 5.41) is 0.